The Hall–Kier alpha value is -1.15. The molecule has 1 aliphatic heterocycles. The van der Waals surface area contributed by atoms with E-state index >= 15 is 0 Å². The van der Waals surface area contributed by atoms with Crippen LogP contribution in [0.2, 0.25) is 5.02 Å². The first-order valence-electron chi connectivity index (χ1n) is 7.01. The van der Waals surface area contributed by atoms with Crippen molar-refractivity contribution in [3.05, 3.63) is 23.2 Å². The summed E-state index contributed by atoms with van der Waals surface area (Å²) in [5, 5.41) is 6.27. The van der Waals surface area contributed by atoms with Gasteiger partial charge in [-0.05, 0) is 25.1 Å². The monoisotopic (exact) mass is 345 g/mol. The first kappa shape index (κ1) is 17.2. The number of anilines is 1. The zero-order chi connectivity index (χ0) is 16.3. The van der Waals surface area contributed by atoms with Crippen molar-refractivity contribution in [2.24, 2.45) is 0 Å². The topological polar surface area (TPSA) is 78.5 Å². The van der Waals surface area contributed by atoms with Gasteiger partial charge in [0.25, 0.3) is 0 Å². The van der Waals surface area contributed by atoms with E-state index in [0.29, 0.717) is 10.7 Å². The van der Waals surface area contributed by atoms with Gasteiger partial charge < -0.3 is 10.6 Å². The maximum absolute atomic E-state index is 12.2. The number of hydrogen-bond acceptors (Lipinski definition) is 5. The lowest BCUT2D eigenvalue weighted by Crippen LogP contribution is -2.52. The van der Waals surface area contributed by atoms with E-state index < -0.39 is 9.84 Å². The molecular weight excluding hydrogens is 326 g/mol. The zero-order valence-corrected chi connectivity index (χ0v) is 14.2. The number of benzene rings is 1. The van der Waals surface area contributed by atoms with Gasteiger partial charge in [0.05, 0.1) is 22.2 Å². The van der Waals surface area contributed by atoms with Crippen LogP contribution in [0, 0.1) is 0 Å². The summed E-state index contributed by atoms with van der Waals surface area (Å²) in [5.41, 5.74) is 0.317. The van der Waals surface area contributed by atoms with E-state index in [1.165, 1.54) is 18.2 Å². The van der Waals surface area contributed by atoms with Gasteiger partial charge in [-0.3, -0.25) is 9.69 Å². The smallest absolute Gasteiger partial charge is 0.238 e. The number of carbonyl (C=O) groups excluding carboxylic acids is 1. The second-order valence-corrected chi connectivity index (χ2v) is 7.91. The Morgan fingerprint density at radius 3 is 2.86 bits per heavy atom. The Bertz CT molecular complexity index is 663. The fraction of sp³-hybridized carbons (Fsp3) is 0.500. The molecule has 2 N–H and O–H groups in total. The predicted octanol–water partition coefficient (Wildman–Crippen LogP) is 0.976. The summed E-state index contributed by atoms with van der Waals surface area (Å²) >= 11 is 6.03. The van der Waals surface area contributed by atoms with E-state index in [0.717, 1.165) is 25.9 Å². The normalized spacial score (nSPS) is 19.9. The highest BCUT2D eigenvalue weighted by Gasteiger charge is 2.21. The highest BCUT2D eigenvalue weighted by atomic mass is 35.5. The third-order valence-corrected chi connectivity index (χ3v) is 5.07. The van der Waals surface area contributed by atoms with Crippen molar-refractivity contribution in [1.29, 1.82) is 0 Å². The van der Waals surface area contributed by atoms with Crippen LogP contribution in [0.3, 0.4) is 0 Å². The minimum absolute atomic E-state index is 0.128. The number of amides is 1. The minimum atomic E-state index is -3.34. The van der Waals surface area contributed by atoms with Gasteiger partial charge in [0, 0.05) is 31.9 Å². The Morgan fingerprint density at radius 1 is 1.50 bits per heavy atom. The van der Waals surface area contributed by atoms with Crippen molar-refractivity contribution in [2.75, 3.05) is 37.8 Å². The molecule has 2 rings (SSSR count). The number of piperazine rings is 1. The van der Waals surface area contributed by atoms with Crippen LogP contribution in [0.15, 0.2) is 23.1 Å². The van der Waals surface area contributed by atoms with E-state index in [4.69, 9.17) is 11.6 Å². The molecule has 1 saturated heterocycles. The molecule has 0 bridgehead atoms. The van der Waals surface area contributed by atoms with Gasteiger partial charge in [-0.15, -0.1) is 0 Å². The van der Waals surface area contributed by atoms with Gasteiger partial charge in [0.1, 0.15) is 0 Å². The van der Waals surface area contributed by atoms with Crippen LogP contribution in [0.25, 0.3) is 0 Å². The van der Waals surface area contributed by atoms with E-state index in [1.54, 1.807) is 0 Å². The van der Waals surface area contributed by atoms with Crippen molar-refractivity contribution in [3.8, 4) is 0 Å². The number of nitrogens with one attached hydrogen (secondary N) is 2. The Labute approximate surface area is 135 Å². The van der Waals surface area contributed by atoms with Crippen LogP contribution >= 0.6 is 11.6 Å². The number of hydrogen-bond donors (Lipinski definition) is 2. The van der Waals surface area contributed by atoms with Gasteiger partial charge in [0.2, 0.25) is 5.91 Å². The molecule has 1 aromatic carbocycles. The number of nitrogens with zero attached hydrogens (tertiary/aromatic N) is 1. The molecule has 22 heavy (non-hydrogen) atoms. The molecule has 0 spiro atoms. The number of carbonyl (C=O) groups is 1. The average Bonchev–Trinajstić information content (AvgIpc) is 2.42. The predicted molar refractivity (Wildman–Crippen MR) is 87.1 cm³/mol. The van der Waals surface area contributed by atoms with Crippen LogP contribution in [-0.4, -0.2) is 57.7 Å². The number of rotatable bonds is 4. The van der Waals surface area contributed by atoms with Crippen LogP contribution in [-0.2, 0) is 14.6 Å². The van der Waals surface area contributed by atoms with Gasteiger partial charge in [-0.1, -0.05) is 11.6 Å². The molecule has 0 saturated carbocycles. The van der Waals surface area contributed by atoms with Crippen molar-refractivity contribution >= 4 is 33.0 Å². The Balaban J connectivity index is 2.08. The lowest BCUT2D eigenvalue weighted by molar-refractivity contribution is -0.118. The summed E-state index contributed by atoms with van der Waals surface area (Å²) < 4.78 is 23.1. The molecule has 122 valence electrons. The molecule has 1 aliphatic rings. The molecule has 0 aromatic heterocycles. The van der Waals surface area contributed by atoms with E-state index in [2.05, 4.69) is 22.5 Å². The van der Waals surface area contributed by atoms with Crippen LogP contribution in [0.1, 0.15) is 6.92 Å². The van der Waals surface area contributed by atoms with E-state index in [1.807, 2.05) is 0 Å². The largest absolute Gasteiger partial charge is 0.324 e. The minimum Gasteiger partial charge on any atom is -0.324 e. The standard InChI is InChI=1S/C14H20ClN3O3S/c1-10-8-16-5-6-18(10)9-14(19)17-13-7-11(22(2,20)21)3-4-12(13)15/h3-4,7,10,16H,5-6,8-9H2,1-2H3,(H,17,19)/t10-/m1/s1. The molecule has 0 aliphatic carbocycles. The third kappa shape index (κ3) is 4.42. The summed E-state index contributed by atoms with van der Waals surface area (Å²) in [6, 6.07) is 4.56. The Morgan fingerprint density at radius 2 is 2.23 bits per heavy atom. The third-order valence-electron chi connectivity index (χ3n) is 3.63. The summed E-state index contributed by atoms with van der Waals surface area (Å²) in [4.78, 5) is 14.4. The fourth-order valence-corrected chi connectivity index (χ4v) is 3.13. The van der Waals surface area contributed by atoms with Crippen LogP contribution in [0.4, 0.5) is 5.69 Å². The quantitative estimate of drug-likeness (QED) is 0.850. The van der Waals surface area contributed by atoms with Crippen molar-refractivity contribution in [1.82, 2.24) is 10.2 Å². The first-order valence-corrected chi connectivity index (χ1v) is 9.28. The molecule has 1 amide bonds. The maximum Gasteiger partial charge on any atom is 0.238 e. The fourth-order valence-electron chi connectivity index (χ4n) is 2.32. The summed E-state index contributed by atoms with van der Waals surface area (Å²) in [5.74, 6) is -0.207. The maximum atomic E-state index is 12.2. The SMILES string of the molecule is C[C@@H]1CNCCN1CC(=O)Nc1cc(S(C)(=O)=O)ccc1Cl. The van der Waals surface area contributed by atoms with Crippen molar-refractivity contribution < 1.29 is 13.2 Å². The molecule has 1 atom stereocenters. The van der Waals surface area contributed by atoms with Gasteiger partial charge in [-0.25, -0.2) is 8.42 Å². The molecule has 0 unspecified atom stereocenters. The van der Waals surface area contributed by atoms with E-state index in [-0.39, 0.29) is 23.4 Å². The molecule has 1 aromatic rings. The highest BCUT2D eigenvalue weighted by Crippen LogP contribution is 2.25. The average molecular weight is 346 g/mol. The van der Waals surface area contributed by atoms with Crippen molar-refractivity contribution in [2.45, 2.75) is 17.9 Å². The second kappa shape index (κ2) is 6.95. The van der Waals surface area contributed by atoms with Crippen molar-refractivity contribution in [3.63, 3.8) is 0 Å². The zero-order valence-electron chi connectivity index (χ0n) is 12.6. The number of sulfone groups is 1. The van der Waals surface area contributed by atoms with Gasteiger partial charge in [0.15, 0.2) is 9.84 Å². The van der Waals surface area contributed by atoms with Crippen LogP contribution < -0.4 is 10.6 Å². The highest BCUT2D eigenvalue weighted by molar-refractivity contribution is 7.90. The summed E-state index contributed by atoms with van der Waals surface area (Å²) in [7, 11) is -3.34. The number of halogens is 1. The first-order chi connectivity index (χ1) is 10.3. The molecule has 6 nitrogen and oxygen atoms in total. The molecule has 1 heterocycles. The lowest BCUT2D eigenvalue weighted by Gasteiger charge is -2.33. The van der Waals surface area contributed by atoms with Gasteiger partial charge in [-0.2, -0.15) is 0 Å². The van der Waals surface area contributed by atoms with E-state index in [9.17, 15) is 13.2 Å². The molecular formula is C14H20ClN3O3S. The second-order valence-electron chi connectivity index (χ2n) is 5.49. The van der Waals surface area contributed by atoms with Gasteiger partial charge >= 0.3 is 0 Å². The lowest BCUT2D eigenvalue weighted by atomic mass is 10.2. The Kier molecular flexibility index (Phi) is 5.44. The molecule has 1 fully saturated rings. The molecule has 0 radical (unpaired) electrons. The molecule has 8 heteroatoms. The summed E-state index contributed by atoms with van der Waals surface area (Å²) in [6.07, 6.45) is 1.12. The van der Waals surface area contributed by atoms with Crippen LogP contribution in [0.5, 0.6) is 0 Å². The summed E-state index contributed by atoms with van der Waals surface area (Å²) in [6.45, 7) is 4.80.